The molecule has 8 nitrogen and oxygen atoms in total. The maximum Gasteiger partial charge on any atom is 0.312 e. The SMILES string of the molecule is C=CCCCOC(=O)[C@@H]1[C@H]2C(=O)N([C@H](C)CO)C(C(=O)N(CC=C)c3ccc4ccccc4c3)C23CC[C@@]1(CC)O3. The minimum atomic E-state index is -1.20. The number of anilines is 1. The highest BCUT2D eigenvalue weighted by atomic mass is 16.6. The summed E-state index contributed by atoms with van der Waals surface area (Å²) in [6.45, 7) is 11.4. The van der Waals surface area contributed by atoms with Gasteiger partial charge in [0.1, 0.15) is 17.6 Å². The summed E-state index contributed by atoms with van der Waals surface area (Å²) < 4.78 is 12.5. The molecule has 3 aliphatic heterocycles. The summed E-state index contributed by atoms with van der Waals surface area (Å²) in [5.41, 5.74) is -1.41. The van der Waals surface area contributed by atoms with Crippen molar-refractivity contribution >= 4 is 34.2 Å². The summed E-state index contributed by atoms with van der Waals surface area (Å²) in [5, 5.41) is 12.2. The zero-order chi connectivity index (χ0) is 29.4. The number of likely N-dealkylation sites (tertiary alicyclic amines) is 1. The topological polar surface area (TPSA) is 96.4 Å². The van der Waals surface area contributed by atoms with Gasteiger partial charge in [0, 0.05) is 12.2 Å². The summed E-state index contributed by atoms with van der Waals surface area (Å²) in [7, 11) is 0. The third-order valence-electron chi connectivity index (χ3n) is 9.27. The van der Waals surface area contributed by atoms with E-state index in [4.69, 9.17) is 9.47 Å². The number of unbranched alkanes of at least 4 members (excludes halogenated alkanes) is 1. The van der Waals surface area contributed by atoms with Crippen molar-refractivity contribution in [3.8, 4) is 0 Å². The largest absolute Gasteiger partial charge is 0.465 e. The number of fused-ring (bicyclic) bond motifs is 2. The number of carbonyl (C=O) groups is 3. The molecule has 218 valence electrons. The second-order valence-corrected chi connectivity index (χ2v) is 11.5. The Bertz CT molecular complexity index is 1360. The van der Waals surface area contributed by atoms with Gasteiger partial charge >= 0.3 is 5.97 Å². The second kappa shape index (κ2) is 11.4. The quantitative estimate of drug-likeness (QED) is 0.235. The summed E-state index contributed by atoms with van der Waals surface area (Å²) in [5.74, 6) is -2.81. The van der Waals surface area contributed by atoms with E-state index in [0.717, 1.165) is 10.8 Å². The van der Waals surface area contributed by atoms with Gasteiger partial charge in [-0.25, -0.2) is 0 Å². The van der Waals surface area contributed by atoms with Crippen LogP contribution in [0, 0.1) is 11.8 Å². The van der Waals surface area contributed by atoms with Crippen molar-refractivity contribution < 1.29 is 29.0 Å². The number of nitrogens with zero attached hydrogens (tertiary/aromatic N) is 2. The van der Waals surface area contributed by atoms with E-state index in [1.54, 1.807) is 24.0 Å². The lowest BCUT2D eigenvalue weighted by molar-refractivity contribution is -0.162. The number of benzene rings is 2. The van der Waals surface area contributed by atoms with Gasteiger partial charge in [-0.1, -0.05) is 49.4 Å². The van der Waals surface area contributed by atoms with Gasteiger partial charge in [-0.3, -0.25) is 14.4 Å². The van der Waals surface area contributed by atoms with Crippen LogP contribution in [-0.2, 0) is 23.9 Å². The van der Waals surface area contributed by atoms with Gasteiger partial charge in [0.05, 0.1) is 30.8 Å². The Morgan fingerprint density at radius 3 is 2.63 bits per heavy atom. The fourth-order valence-corrected chi connectivity index (χ4v) is 7.29. The second-order valence-electron chi connectivity index (χ2n) is 11.5. The summed E-state index contributed by atoms with van der Waals surface area (Å²) in [6, 6.07) is 12.0. The van der Waals surface area contributed by atoms with Gasteiger partial charge in [-0.05, 0) is 61.9 Å². The van der Waals surface area contributed by atoms with Gasteiger partial charge in [-0.15, -0.1) is 13.2 Å². The first-order valence-electron chi connectivity index (χ1n) is 14.6. The van der Waals surface area contributed by atoms with E-state index in [1.165, 1.54) is 4.90 Å². The highest BCUT2D eigenvalue weighted by molar-refractivity contribution is 6.05. The Balaban J connectivity index is 1.57. The Kier molecular flexibility index (Phi) is 8.08. The van der Waals surface area contributed by atoms with Crippen LogP contribution in [0.15, 0.2) is 67.8 Å². The minimum absolute atomic E-state index is 0.220. The number of esters is 1. The standard InChI is InChI=1S/C33H40N2O6/c1-5-8-11-19-40-31(39)27-26-29(37)35(22(4)21-36)28(33(26)17-16-32(27,7-3)41-33)30(38)34(18-6-2)25-15-14-23-12-9-10-13-24(23)20-25/h5-6,9-10,12-15,20,22,26-28,36H,1-2,7-8,11,16-19,21H2,3-4H3/t22-,26+,27+,28?,32-,33?/m1/s1. The first kappa shape index (κ1) is 29.0. The van der Waals surface area contributed by atoms with Crippen LogP contribution in [0.1, 0.15) is 46.0 Å². The molecule has 0 saturated carbocycles. The maximum absolute atomic E-state index is 14.7. The lowest BCUT2D eigenvalue weighted by atomic mass is 9.65. The van der Waals surface area contributed by atoms with Crippen molar-refractivity contribution in [2.24, 2.45) is 11.8 Å². The van der Waals surface area contributed by atoms with E-state index >= 15 is 0 Å². The molecule has 2 unspecified atom stereocenters. The molecule has 0 radical (unpaired) electrons. The van der Waals surface area contributed by atoms with E-state index in [9.17, 15) is 19.5 Å². The molecule has 1 N–H and O–H groups in total. The monoisotopic (exact) mass is 560 g/mol. The predicted octanol–water partition coefficient (Wildman–Crippen LogP) is 4.40. The van der Waals surface area contributed by atoms with E-state index < -0.39 is 41.1 Å². The molecule has 8 heteroatoms. The van der Waals surface area contributed by atoms with E-state index in [-0.39, 0.29) is 31.6 Å². The van der Waals surface area contributed by atoms with Crippen molar-refractivity contribution in [3.63, 3.8) is 0 Å². The zero-order valence-electron chi connectivity index (χ0n) is 24.0. The van der Waals surface area contributed by atoms with Crippen LogP contribution < -0.4 is 4.90 Å². The fourth-order valence-electron chi connectivity index (χ4n) is 7.29. The molecule has 1 spiro atoms. The highest BCUT2D eigenvalue weighted by Gasteiger charge is 2.79. The maximum atomic E-state index is 14.7. The number of rotatable bonds is 12. The average molecular weight is 561 g/mol. The highest BCUT2D eigenvalue weighted by Crippen LogP contribution is 2.64. The van der Waals surface area contributed by atoms with Crippen LogP contribution in [0.5, 0.6) is 0 Å². The van der Waals surface area contributed by atoms with Crippen molar-refractivity contribution in [3.05, 3.63) is 67.8 Å². The van der Waals surface area contributed by atoms with Crippen LogP contribution in [-0.4, -0.2) is 70.8 Å². The number of hydrogen-bond donors (Lipinski definition) is 1. The molecule has 3 heterocycles. The first-order valence-corrected chi connectivity index (χ1v) is 14.6. The number of carbonyl (C=O) groups excluding carboxylic acids is 3. The van der Waals surface area contributed by atoms with Gasteiger partial charge < -0.3 is 24.4 Å². The molecular formula is C33H40N2O6. The van der Waals surface area contributed by atoms with Crippen LogP contribution in [0.3, 0.4) is 0 Å². The van der Waals surface area contributed by atoms with Crippen molar-refractivity contribution in [2.75, 3.05) is 24.7 Å². The lowest BCUT2D eigenvalue weighted by Crippen LogP contribution is -2.58. The summed E-state index contributed by atoms with van der Waals surface area (Å²) in [6.07, 6.45) is 6.30. The third-order valence-corrected chi connectivity index (χ3v) is 9.27. The van der Waals surface area contributed by atoms with Gasteiger partial charge in [0.15, 0.2) is 0 Å². The molecular weight excluding hydrogens is 520 g/mol. The molecule has 2 aromatic carbocycles. The third kappa shape index (κ3) is 4.57. The summed E-state index contributed by atoms with van der Waals surface area (Å²) in [4.78, 5) is 45.6. The Morgan fingerprint density at radius 1 is 1.20 bits per heavy atom. The minimum Gasteiger partial charge on any atom is -0.465 e. The summed E-state index contributed by atoms with van der Waals surface area (Å²) >= 11 is 0. The molecule has 0 aliphatic carbocycles. The number of aliphatic hydroxyl groups is 1. The van der Waals surface area contributed by atoms with Crippen LogP contribution in [0.2, 0.25) is 0 Å². The fraction of sp³-hybridized carbons (Fsp3) is 0.485. The van der Waals surface area contributed by atoms with E-state index in [2.05, 4.69) is 13.2 Å². The number of hydrogen-bond acceptors (Lipinski definition) is 6. The molecule has 3 saturated heterocycles. The molecule has 2 amide bonds. The number of allylic oxidation sites excluding steroid dienone is 1. The van der Waals surface area contributed by atoms with Crippen LogP contribution >= 0.6 is 0 Å². The van der Waals surface area contributed by atoms with Crippen molar-refractivity contribution in [1.82, 2.24) is 4.90 Å². The molecule has 2 bridgehead atoms. The normalized spacial score (nSPS) is 28.9. The molecule has 0 aromatic heterocycles. The molecule has 6 atom stereocenters. The number of amides is 2. The Labute approximate surface area is 241 Å². The number of ether oxygens (including phenoxy) is 2. The zero-order valence-corrected chi connectivity index (χ0v) is 24.0. The predicted molar refractivity (Wildman–Crippen MR) is 157 cm³/mol. The lowest BCUT2D eigenvalue weighted by Gasteiger charge is -2.38. The van der Waals surface area contributed by atoms with Gasteiger partial charge in [-0.2, -0.15) is 0 Å². The average Bonchev–Trinajstić information content (AvgIpc) is 3.60. The molecule has 5 rings (SSSR count). The first-order chi connectivity index (χ1) is 19.8. The molecule has 41 heavy (non-hydrogen) atoms. The van der Waals surface area contributed by atoms with Crippen LogP contribution in [0.4, 0.5) is 5.69 Å². The van der Waals surface area contributed by atoms with Gasteiger partial charge in [0.25, 0.3) is 5.91 Å². The van der Waals surface area contributed by atoms with E-state index in [0.29, 0.717) is 37.8 Å². The molecule has 2 aromatic rings. The molecule has 3 aliphatic rings. The van der Waals surface area contributed by atoms with Crippen molar-refractivity contribution in [1.29, 1.82) is 0 Å². The van der Waals surface area contributed by atoms with Crippen molar-refractivity contribution in [2.45, 2.75) is 69.2 Å². The van der Waals surface area contributed by atoms with Crippen LogP contribution in [0.25, 0.3) is 10.8 Å². The van der Waals surface area contributed by atoms with E-state index in [1.807, 2.05) is 49.4 Å². The Morgan fingerprint density at radius 2 is 1.95 bits per heavy atom. The number of aliphatic hydroxyl groups excluding tert-OH is 1. The Hall–Kier alpha value is -3.49. The molecule has 3 fully saturated rings. The van der Waals surface area contributed by atoms with Gasteiger partial charge in [0.2, 0.25) is 5.91 Å². The smallest absolute Gasteiger partial charge is 0.312 e.